The number of unbranched alkanes of at least 4 members (excludes halogenated alkanes) is 1. The Hall–Kier alpha value is -1.10. The summed E-state index contributed by atoms with van der Waals surface area (Å²) in [6, 6.07) is -0.500. The van der Waals surface area contributed by atoms with Crippen molar-refractivity contribution < 1.29 is 14.3 Å². The van der Waals surface area contributed by atoms with E-state index in [0.717, 1.165) is 38.5 Å². The van der Waals surface area contributed by atoms with E-state index in [1.54, 1.807) is 0 Å². The van der Waals surface area contributed by atoms with Gasteiger partial charge in [-0.25, -0.2) is 4.79 Å². The number of methoxy groups -OCH3 is 1. The summed E-state index contributed by atoms with van der Waals surface area (Å²) >= 11 is 0. The zero-order chi connectivity index (χ0) is 15.0. The fourth-order valence-electron chi connectivity index (χ4n) is 2.75. The van der Waals surface area contributed by atoms with Crippen LogP contribution in [0.2, 0.25) is 0 Å². The van der Waals surface area contributed by atoms with Crippen molar-refractivity contribution in [2.45, 2.75) is 57.9 Å². The Morgan fingerprint density at radius 2 is 1.95 bits per heavy atom. The molecule has 1 aliphatic rings. The highest BCUT2D eigenvalue weighted by Gasteiger charge is 2.29. The minimum Gasteiger partial charge on any atom is -0.467 e. The molecule has 1 fully saturated rings. The van der Waals surface area contributed by atoms with Gasteiger partial charge in [-0.3, -0.25) is 4.79 Å². The van der Waals surface area contributed by atoms with Crippen LogP contribution in [0.25, 0.3) is 0 Å². The maximum Gasteiger partial charge on any atom is 0.328 e. The second kappa shape index (κ2) is 8.95. The molecular formula is C15H28N2O3. The van der Waals surface area contributed by atoms with E-state index in [-0.39, 0.29) is 17.8 Å². The molecule has 0 aliphatic heterocycles. The zero-order valence-corrected chi connectivity index (χ0v) is 12.7. The zero-order valence-electron chi connectivity index (χ0n) is 12.7. The lowest BCUT2D eigenvalue weighted by molar-refractivity contribution is -0.146. The minimum atomic E-state index is -0.500. The van der Waals surface area contributed by atoms with Crippen molar-refractivity contribution in [2.75, 3.05) is 13.7 Å². The number of rotatable bonds is 7. The van der Waals surface area contributed by atoms with Gasteiger partial charge in [-0.15, -0.1) is 0 Å². The monoisotopic (exact) mass is 284 g/mol. The highest BCUT2D eigenvalue weighted by Crippen LogP contribution is 2.28. The van der Waals surface area contributed by atoms with Gasteiger partial charge in [0.05, 0.1) is 7.11 Å². The Bertz CT molecular complexity index is 312. The van der Waals surface area contributed by atoms with Crippen LogP contribution in [0, 0.1) is 11.8 Å². The highest BCUT2D eigenvalue weighted by molar-refractivity contribution is 5.85. The summed E-state index contributed by atoms with van der Waals surface area (Å²) < 4.78 is 4.76. The van der Waals surface area contributed by atoms with Crippen molar-refractivity contribution in [3.05, 3.63) is 0 Å². The van der Waals surface area contributed by atoms with E-state index >= 15 is 0 Å². The average molecular weight is 284 g/mol. The SMILES string of the molecule is CCCC[C@@H](NC(=O)C1CCC(CN)CC1)C(=O)OC. The summed E-state index contributed by atoms with van der Waals surface area (Å²) in [5, 5.41) is 2.86. The molecule has 1 saturated carbocycles. The van der Waals surface area contributed by atoms with E-state index in [9.17, 15) is 9.59 Å². The molecular weight excluding hydrogens is 256 g/mol. The van der Waals surface area contributed by atoms with Crippen molar-refractivity contribution in [2.24, 2.45) is 17.6 Å². The van der Waals surface area contributed by atoms with Crippen LogP contribution in [0.5, 0.6) is 0 Å². The number of nitrogens with two attached hydrogens (primary N) is 1. The smallest absolute Gasteiger partial charge is 0.328 e. The summed E-state index contributed by atoms with van der Waals surface area (Å²) in [6.45, 7) is 2.76. The van der Waals surface area contributed by atoms with Gasteiger partial charge in [0.2, 0.25) is 5.91 Å². The number of carbonyl (C=O) groups excluding carboxylic acids is 2. The minimum absolute atomic E-state index is 0.00743. The van der Waals surface area contributed by atoms with E-state index in [1.165, 1.54) is 7.11 Å². The molecule has 20 heavy (non-hydrogen) atoms. The van der Waals surface area contributed by atoms with Crippen LogP contribution in [-0.4, -0.2) is 31.6 Å². The Morgan fingerprint density at radius 1 is 1.30 bits per heavy atom. The molecule has 0 aromatic heterocycles. The molecule has 0 bridgehead atoms. The second-order valence-corrected chi connectivity index (χ2v) is 5.68. The molecule has 0 unspecified atom stereocenters. The molecule has 1 rings (SSSR count). The predicted octanol–water partition coefficient (Wildman–Crippen LogP) is 1.60. The molecule has 1 atom stereocenters. The molecule has 5 nitrogen and oxygen atoms in total. The molecule has 1 amide bonds. The van der Waals surface area contributed by atoms with E-state index in [0.29, 0.717) is 18.9 Å². The van der Waals surface area contributed by atoms with Gasteiger partial charge in [-0.1, -0.05) is 19.8 Å². The summed E-state index contributed by atoms with van der Waals surface area (Å²) in [4.78, 5) is 23.9. The maximum absolute atomic E-state index is 12.2. The number of carbonyl (C=O) groups is 2. The Labute approximate surface area is 121 Å². The third-order valence-corrected chi connectivity index (χ3v) is 4.20. The highest BCUT2D eigenvalue weighted by atomic mass is 16.5. The van der Waals surface area contributed by atoms with Crippen molar-refractivity contribution in [3.8, 4) is 0 Å². The molecule has 0 saturated heterocycles. The van der Waals surface area contributed by atoms with E-state index in [1.807, 2.05) is 0 Å². The van der Waals surface area contributed by atoms with Crippen molar-refractivity contribution >= 4 is 11.9 Å². The van der Waals surface area contributed by atoms with Gasteiger partial charge in [-0.05, 0) is 44.6 Å². The fraction of sp³-hybridized carbons (Fsp3) is 0.867. The Kier molecular flexibility index (Phi) is 7.59. The standard InChI is InChI=1S/C15H28N2O3/c1-3-4-5-13(15(19)20-2)17-14(18)12-8-6-11(10-16)7-9-12/h11-13H,3-10,16H2,1-2H3,(H,17,18)/t11?,12?,13-/m1/s1. The van der Waals surface area contributed by atoms with E-state index in [4.69, 9.17) is 10.5 Å². The van der Waals surface area contributed by atoms with Crippen molar-refractivity contribution in [1.29, 1.82) is 0 Å². The molecule has 0 aromatic carbocycles. The third-order valence-electron chi connectivity index (χ3n) is 4.20. The number of hydrogen-bond acceptors (Lipinski definition) is 4. The summed E-state index contributed by atoms with van der Waals surface area (Å²) in [7, 11) is 1.36. The summed E-state index contributed by atoms with van der Waals surface area (Å²) in [6.07, 6.45) is 6.29. The Morgan fingerprint density at radius 3 is 2.45 bits per heavy atom. The topological polar surface area (TPSA) is 81.4 Å². The van der Waals surface area contributed by atoms with Crippen LogP contribution in [-0.2, 0) is 14.3 Å². The van der Waals surface area contributed by atoms with Gasteiger partial charge in [-0.2, -0.15) is 0 Å². The first-order valence-corrected chi connectivity index (χ1v) is 7.70. The van der Waals surface area contributed by atoms with Gasteiger partial charge in [0, 0.05) is 5.92 Å². The van der Waals surface area contributed by atoms with Crippen LogP contribution >= 0.6 is 0 Å². The van der Waals surface area contributed by atoms with Crippen LogP contribution in [0.1, 0.15) is 51.9 Å². The lowest BCUT2D eigenvalue weighted by Gasteiger charge is -2.28. The van der Waals surface area contributed by atoms with Gasteiger partial charge in [0.1, 0.15) is 6.04 Å². The van der Waals surface area contributed by atoms with Crippen LogP contribution in [0.3, 0.4) is 0 Å². The molecule has 3 N–H and O–H groups in total. The number of esters is 1. The predicted molar refractivity (Wildman–Crippen MR) is 78.0 cm³/mol. The number of ether oxygens (including phenoxy) is 1. The quantitative estimate of drug-likeness (QED) is 0.696. The average Bonchev–Trinajstić information content (AvgIpc) is 2.50. The first kappa shape index (κ1) is 17.0. The summed E-state index contributed by atoms with van der Waals surface area (Å²) in [5.74, 6) is 0.219. The van der Waals surface area contributed by atoms with Gasteiger partial charge in [0.15, 0.2) is 0 Å². The second-order valence-electron chi connectivity index (χ2n) is 5.68. The number of amides is 1. The largest absolute Gasteiger partial charge is 0.467 e. The molecule has 0 heterocycles. The fourth-order valence-corrected chi connectivity index (χ4v) is 2.75. The van der Waals surface area contributed by atoms with E-state index in [2.05, 4.69) is 12.2 Å². The lowest BCUT2D eigenvalue weighted by Crippen LogP contribution is -2.45. The molecule has 1 aliphatic carbocycles. The normalized spacial score (nSPS) is 23.9. The number of nitrogens with one attached hydrogen (secondary N) is 1. The van der Waals surface area contributed by atoms with Gasteiger partial charge in [0.25, 0.3) is 0 Å². The van der Waals surface area contributed by atoms with Gasteiger partial charge < -0.3 is 15.8 Å². The van der Waals surface area contributed by atoms with Crippen LogP contribution in [0.4, 0.5) is 0 Å². The Balaban J connectivity index is 2.47. The van der Waals surface area contributed by atoms with Crippen LogP contribution in [0.15, 0.2) is 0 Å². The first-order valence-electron chi connectivity index (χ1n) is 7.70. The van der Waals surface area contributed by atoms with Crippen LogP contribution < -0.4 is 11.1 Å². The summed E-state index contributed by atoms with van der Waals surface area (Å²) in [5.41, 5.74) is 5.66. The number of hydrogen-bond donors (Lipinski definition) is 2. The lowest BCUT2D eigenvalue weighted by atomic mass is 9.81. The van der Waals surface area contributed by atoms with Gasteiger partial charge >= 0.3 is 5.97 Å². The molecule has 0 aromatic rings. The molecule has 116 valence electrons. The first-order chi connectivity index (χ1) is 9.62. The molecule has 0 spiro atoms. The molecule has 5 heteroatoms. The van der Waals surface area contributed by atoms with Crippen molar-refractivity contribution in [1.82, 2.24) is 5.32 Å². The molecule has 0 radical (unpaired) electrons. The third kappa shape index (κ3) is 5.12. The van der Waals surface area contributed by atoms with E-state index < -0.39 is 6.04 Å². The maximum atomic E-state index is 12.2. The van der Waals surface area contributed by atoms with Crippen molar-refractivity contribution in [3.63, 3.8) is 0 Å².